The Bertz CT molecular complexity index is 906. The summed E-state index contributed by atoms with van der Waals surface area (Å²) in [5.74, 6) is -0.826. The van der Waals surface area contributed by atoms with Crippen molar-refractivity contribution in [3.63, 3.8) is 0 Å². The molecule has 1 amide bonds. The zero-order valence-corrected chi connectivity index (χ0v) is 16.0. The minimum absolute atomic E-state index is 0.225. The molecule has 1 atom stereocenters. The number of carboxylic acid groups (broad SMARTS) is 1. The van der Waals surface area contributed by atoms with Crippen LogP contribution >= 0.6 is 0 Å². The molecule has 2 aromatic rings. The first-order valence-corrected chi connectivity index (χ1v) is 9.46. The van der Waals surface area contributed by atoms with Crippen LogP contribution in [0.5, 0.6) is 0 Å². The fraction of sp³-hybridized carbons (Fsp3) is 0.476. The summed E-state index contributed by atoms with van der Waals surface area (Å²) in [6, 6.07) is 8.72. The van der Waals surface area contributed by atoms with Gasteiger partial charge in [0.05, 0.1) is 5.54 Å². The summed E-state index contributed by atoms with van der Waals surface area (Å²) >= 11 is 0. The van der Waals surface area contributed by atoms with E-state index in [-0.39, 0.29) is 11.4 Å². The van der Waals surface area contributed by atoms with Gasteiger partial charge in [0.15, 0.2) is 5.69 Å². The smallest absolute Gasteiger partial charge is 0.326 e. The molecule has 1 aromatic carbocycles. The Labute approximate surface area is 158 Å². The van der Waals surface area contributed by atoms with E-state index in [0.29, 0.717) is 24.6 Å². The van der Waals surface area contributed by atoms with Gasteiger partial charge >= 0.3 is 5.97 Å². The summed E-state index contributed by atoms with van der Waals surface area (Å²) in [6.07, 6.45) is 2.56. The molecule has 1 saturated carbocycles. The number of carboxylic acids is 1. The molecule has 0 bridgehead atoms. The van der Waals surface area contributed by atoms with Gasteiger partial charge in [0, 0.05) is 24.6 Å². The van der Waals surface area contributed by atoms with Gasteiger partial charge in [0.2, 0.25) is 0 Å². The maximum atomic E-state index is 13.2. The first-order chi connectivity index (χ1) is 12.8. The molecule has 1 aromatic heterocycles. The van der Waals surface area contributed by atoms with Gasteiger partial charge in [-0.15, -0.1) is 0 Å². The number of aliphatic carboxylic acids is 1. The Kier molecular flexibility index (Phi) is 4.09. The summed E-state index contributed by atoms with van der Waals surface area (Å²) in [5, 5.41) is 14.3. The molecular formula is C21H25N3O3. The highest BCUT2D eigenvalue weighted by Gasteiger charge is 2.38. The van der Waals surface area contributed by atoms with Crippen LogP contribution in [0.4, 0.5) is 0 Å². The number of rotatable bonds is 3. The Morgan fingerprint density at radius 1 is 1.15 bits per heavy atom. The maximum absolute atomic E-state index is 13.2. The van der Waals surface area contributed by atoms with Crippen molar-refractivity contribution >= 4 is 11.9 Å². The lowest BCUT2D eigenvalue weighted by atomic mass is 9.93. The quantitative estimate of drug-likeness (QED) is 0.904. The SMILES string of the molecule is CC(C)(C)n1nc(C(=O)N2Cc3ccccc3CC2C(=O)O)cc1C1CC1. The number of hydrogen-bond donors (Lipinski definition) is 1. The summed E-state index contributed by atoms with van der Waals surface area (Å²) in [7, 11) is 0. The Balaban J connectivity index is 1.70. The Hall–Kier alpha value is -2.63. The lowest BCUT2D eigenvalue weighted by Crippen LogP contribution is -2.48. The van der Waals surface area contributed by atoms with Crippen LogP contribution in [0.25, 0.3) is 0 Å². The summed E-state index contributed by atoms with van der Waals surface area (Å²) in [4.78, 5) is 26.5. The Morgan fingerprint density at radius 3 is 2.41 bits per heavy atom. The third-order valence-electron chi connectivity index (χ3n) is 5.38. The third-order valence-corrected chi connectivity index (χ3v) is 5.38. The zero-order valence-electron chi connectivity index (χ0n) is 16.0. The fourth-order valence-corrected chi connectivity index (χ4v) is 3.81. The molecule has 6 heteroatoms. The number of benzene rings is 1. The van der Waals surface area contributed by atoms with Crippen molar-refractivity contribution in [3.05, 3.63) is 52.8 Å². The molecule has 1 aliphatic carbocycles. The van der Waals surface area contributed by atoms with Crippen LogP contribution in [0, 0.1) is 0 Å². The lowest BCUT2D eigenvalue weighted by Gasteiger charge is -2.34. The maximum Gasteiger partial charge on any atom is 0.326 e. The molecule has 1 unspecified atom stereocenters. The van der Waals surface area contributed by atoms with Gasteiger partial charge < -0.3 is 10.0 Å². The van der Waals surface area contributed by atoms with Crippen LogP contribution in [0.2, 0.25) is 0 Å². The number of hydrogen-bond acceptors (Lipinski definition) is 3. The van der Waals surface area contributed by atoms with Crippen LogP contribution in [-0.2, 0) is 23.3 Å². The van der Waals surface area contributed by atoms with Crippen molar-refractivity contribution < 1.29 is 14.7 Å². The van der Waals surface area contributed by atoms with E-state index in [9.17, 15) is 14.7 Å². The van der Waals surface area contributed by atoms with Crippen molar-refractivity contribution in [2.24, 2.45) is 0 Å². The van der Waals surface area contributed by atoms with Gasteiger partial charge in [-0.25, -0.2) is 4.79 Å². The number of amides is 1. The van der Waals surface area contributed by atoms with Crippen molar-refractivity contribution in [2.75, 3.05) is 0 Å². The molecular weight excluding hydrogens is 342 g/mol. The van der Waals surface area contributed by atoms with Crippen molar-refractivity contribution in [2.45, 2.75) is 64.1 Å². The molecule has 6 nitrogen and oxygen atoms in total. The van der Waals surface area contributed by atoms with Gasteiger partial charge in [-0.3, -0.25) is 9.48 Å². The predicted molar refractivity (Wildman–Crippen MR) is 101 cm³/mol. The minimum Gasteiger partial charge on any atom is -0.480 e. The molecule has 1 fully saturated rings. The fourth-order valence-electron chi connectivity index (χ4n) is 3.81. The van der Waals surface area contributed by atoms with E-state index < -0.39 is 12.0 Å². The minimum atomic E-state index is -0.976. The summed E-state index contributed by atoms with van der Waals surface area (Å²) < 4.78 is 1.94. The molecule has 2 aliphatic rings. The number of aromatic nitrogens is 2. The van der Waals surface area contributed by atoms with Crippen molar-refractivity contribution in [1.82, 2.24) is 14.7 Å². The normalized spacial score (nSPS) is 19.7. The molecule has 4 rings (SSSR count). The van der Waals surface area contributed by atoms with E-state index in [1.54, 1.807) is 0 Å². The van der Waals surface area contributed by atoms with Gasteiger partial charge in [-0.2, -0.15) is 5.10 Å². The third kappa shape index (κ3) is 3.24. The Morgan fingerprint density at radius 2 is 1.81 bits per heavy atom. The largest absolute Gasteiger partial charge is 0.480 e. The second-order valence-electron chi connectivity index (χ2n) is 8.57. The van der Waals surface area contributed by atoms with Crippen LogP contribution in [0.15, 0.2) is 30.3 Å². The molecule has 0 radical (unpaired) electrons. The molecule has 0 saturated heterocycles. The standard InChI is InChI=1S/C21H25N3O3/c1-21(2,3)24-17(13-8-9-13)11-16(22-24)19(25)23-12-15-7-5-4-6-14(15)10-18(23)20(26)27/h4-7,11,13,18H,8-10,12H2,1-3H3,(H,26,27). The lowest BCUT2D eigenvalue weighted by molar-refractivity contribution is -0.142. The average Bonchev–Trinajstić information content (AvgIpc) is 3.36. The van der Waals surface area contributed by atoms with E-state index in [1.165, 1.54) is 4.90 Å². The van der Waals surface area contributed by atoms with E-state index in [4.69, 9.17) is 0 Å². The molecule has 0 spiro atoms. The molecule has 2 heterocycles. The van der Waals surface area contributed by atoms with Crippen molar-refractivity contribution in [3.8, 4) is 0 Å². The molecule has 1 aliphatic heterocycles. The number of carbonyl (C=O) groups excluding carboxylic acids is 1. The zero-order chi connectivity index (χ0) is 19.3. The van der Waals surface area contributed by atoms with Gasteiger partial charge in [0.1, 0.15) is 6.04 Å². The van der Waals surface area contributed by atoms with Gasteiger partial charge in [-0.1, -0.05) is 24.3 Å². The van der Waals surface area contributed by atoms with Crippen LogP contribution in [0.3, 0.4) is 0 Å². The van der Waals surface area contributed by atoms with Gasteiger partial charge in [0.25, 0.3) is 5.91 Å². The van der Waals surface area contributed by atoms with Crippen LogP contribution < -0.4 is 0 Å². The first kappa shape index (κ1) is 17.8. The number of nitrogens with zero attached hydrogens (tertiary/aromatic N) is 3. The van der Waals surface area contributed by atoms with Crippen LogP contribution in [0.1, 0.15) is 66.8 Å². The van der Waals surface area contributed by atoms with E-state index in [0.717, 1.165) is 29.7 Å². The number of fused-ring (bicyclic) bond motifs is 1. The average molecular weight is 367 g/mol. The predicted octanol–water partition coefficient (Wildman–Crippen LogP) is 3.17. The van der Waals surface area contributed by atoms with Gasteiger partial charge in [-0.05, 0) is 50.8 Å². The first-order valence-electron chi connectivity index (χ1n) is 9.46. The highest BCUT2D eigenvalue weighted by Crippen LogP contribution is 2.42. The summed E-state index contributed by atoms with van der Waals surface area (Å²) in [5.41, 5.74) is 3.19. The van der Waals surface area contributed by atoms with Crippen LogP contribution in [-0.4, -0.2) is 37.7 Å². The summed E-state index contributed by atoms with van der Waals surface area (Å²) in [6.45, 7) is 6.50. The van der Waals surface area contributed by atoms with E-state index in [1.807, 2.05) is 35.0 Å². The molecule has 27 heavy (non-hydrogen) atoms. The van der Waals surface area contributed by atoms with Crippen molar-refractivity contribution in [1.29, 1.82) is 0 Å². The van der Waals surface area contributed by atoms with E-state index >= 15 is 0 Å². The highest BCUT2D eigenvalue weighted by atomic mass is 16.4. The molecule has 142 valence electrons. The van der Waals surface area contributed by atoms with E-state index in [2.05, 4.69) is 25.9 Å². The number of carbonyl (C=O) groups is 2. The topological polar surface area (TPSA) is 75.4 Å². The highest BCUT2D eigenvalue weighted by molar-refractivity contribution is 5.95. The molecule has 1 N–H and O–H groups in total. The second-order valence-corrected chi connectivity index (χ2v) is 8.57. The second kappa shape index (κ2) is 6.22. The monoisotopic (exact) mass is 367 g/mol.